The van der Waals surface area contributed by atoms with Crippen molar-refractivity contribution in [3.63, 3.8) is 0 Å². The summed E-state index contributed by atoms with van der Waals surface area (Å²) in [7, 11) is -1.53. The summed E-state index contributed by atoms with van der Waals surface area (Å²) in [5.74, 6) is 1.19. The van der Waals surface area contributed by atoms with Gasteiger partial charge in [-0.15, -0.1) is 0 Å². The molecule has 5 rings (SSSR count). The van der Waals surface area contributed by atoms with E-state index in [0.29, 0.717) is 55.7 Å². The van der Waals surface area contributed by atoms with Gasteiger partial charge in [0, 0.05) is 25.5 Å². The van der Waals surface area contributed by atoms with E-state index in [1.165, 1.54) is 6.07 Å². The lowest BCUT2D eigenvalue weighted by atomic mass is 9.95. The fourth-order valence-corrected chi connectivity index (χ4v) is 6.62. The van der Waals surface area contributed by atoms with Crippen molar-refractivity contribution in [2.24, 2.45) is 0 Å². The van der Waals surface area contributed by atoms with Crippen molar-refractivity contribution < 1.29 is 26.3 Å². The van der Waals surface area contributed by atoms with Crippen LogP contribution in [-0.2, 0) is 20.8 Å². The van der Waals surface area contributed by atoms with Crippen LogP contribution in [0.25, 0.3) is 11.1 Å². The van der Waals surface area contributed by atoms with Gasteiger partial charge < -0.3 is 15.0 Å². The predicted octanol–water partition coefficient (Wildman–Crippen LogP) is 5.19. The maximum atomic E-state index is 13.3. The lowest BCUT2D eigenvalue weighted by Crippen LogP contribution is -2.47. The number of rotatable bonds is 7. The Morgan fingerprint density at radius 1 is 0.947 bits per heavy atom. The summed E-state index contributed by atoms with van der Waals surface area (Å²) in [6.07, 6.45) is 0.225. The van der Waals surface area contributed by atoms with Gasteiger partial charge >= 0.3 is 6.18 Å². The van der Waals surface area contributed by atoms with E-state index in [0.717, 1.165) is 29.2 Å². The second-order valence-electron chi connectivity index (χ2n) is 9.82. The Balaban J connectivity index is 1.20. The second kappa shape index (κ2) is 10.5. The number of aromatic nitrogens is 2. The molecule has 1 saturated heterocycles. The summed E-state index contributed by atoms with van der Waals surface area (Å²) in [4.78, 5) is 10.7. The number of hydrogen-bond acceptors (Lipinski definition) is 7. The molecule has 3 aromatic rings. The van der Waals surface area contributed by atoms with E-state index in [1.807, 2.05) is 31.3 Å². The zero-order valence-corrected chi connectivity index (χ0v) is 21.7. The Morgan fingerprint density at radius 3 is 2.24 bits per heavy atom. The van der Waals surface area contributed by atoms with Crippen LogP contribution in [0.2, 0.25) is 0 Å². The Hall–Kier alpha value is -3.18. The number of halogens is 3. The van der Waals surface area contributed by atoms with E-state index in [2.05, 4.69) is 20.2 Å². The van der Waals surface area contributed by atoms with Crippen molar-refractivity contribution in [2.45, 2.75) is 54.1 Å². The molecule has 1 aliphatic heterocycles. The van der Waals surface area contributed by atoms with Crippen molar-refractivity contribution in [3.8, 4) is 11.1 Å². The van der Waals surface area contributed by atoms with Crippen LogP contribution in [0.15, 0.2) is 65.8 Å². The fourth-order valence-electron chi connectivity index (χ4n) is 4.83. The fraction of sp³-hybridized carbons (Fsp3) is 0.407. The van der Waals surface area contributed by atoms with Gasteiger partial charge in [-0.2, -0.15) is 13.2 Å². The molecule has 0 bridgehead atoms. The summed E-state index contributed by atoms with van der Waals surface area (Å²) >= 11 is 0. The van der Waals surface area contributed by atoms with Crippen molar-refractivity contribution in [2.75, 3.05) is 30.5 Å². The molecule has 1 aromatic carbocycles. The van der Waals surface area contributed by atoms with Crippen molar-refractivity contribution in [1.82, 2.24) is 9.97 Å². The van der Waals surface area contributed by atoms with E-state index >= 15 is 0 Å². The maximum absolute atomic E-state index is 13.3. The van der Waals surface area contributed by atoms with Crippen molar-refractivity contribution in [3.05, 3.63) is 66.5 Å². The summed E-state index contributed by atoms with van der Waals surface area (Å²) in [6.45, 7) is 1.36. The van der Waals surface area contributed by atoms with Crippen LogP contribution in [0.5, 0.6) is 0 Å². The first-order chi connectivity index (χ1) is 18.1. The predicted molar refractivity (Wildman–Crippen MR) is 139 cm³/mol. The van der Waals surface area contributed by atoms with Crippen LogP contribution in [0.4, 0.5) is 24.8 Å². The van der Waals surface area contributed by atoms with E-state index in [9.17, 15) is 21.6 Å². The van der Waals surface area contributed by atoms with Crippen LogP contribution < -0.4 is 10.2 Å². The van der Waals surface area contributed by atoms with Gasteiger partial charge in [0.15, 0.2) is 9.84 Å². The topological polar surface area (TPSA) is 84.4 Å². The third-order valence-corrected chi connectivity index (χ3v) is 9.63. The van der Waals surface area contributed by atoms with Gasteiger partial charge in [-0.25, -0.2) is 18.4 Å². The Morgan fingerprint density at radius 2 is 1.66 bits per heavy atom. The van der Waals surface area contributed by atoms with Gasteiger partial charge in [-0.1, -0.05) is 12.1 Å². The normalized spacial score (nSPS) is 20.5. The van der Waals surface area contributed by atoms with Crippen molar-refractivity contribution >= 4 is 21.5 Å². The monoisotopic (exact) mass is 546 g/mol. The maximum Gasteiger partial charge on any atom is 0.417 e. The molecule has 0 spiro atoms. The molecule has 0 amide bonds. The minimum absolute atomic E-state index is 0.0430. The highest BCUT2D eigenvalue weighted by Gasteiger charge is 2.33. The number of hydrogen-bond donors (Lipinski definition) is 1. The number of anilines is 2. The standard InChI is InChI=1S/C27H29F3N4O3S/c1-34(22-16-37-17-22)26-14-19(12-13-31-26)18-2-7-23(8-3-18)38(35,36)24-9-5-21(6-10-24)33-25-11-4-20(15-32-25)27(28,29)30/h2-4,7-8,11-15,21-22,24H,5-6,9-10,16-17H2,1H3,(H,32,33). The molecule has 202 valence electrons. The summed E-state index contributed by atoms with van der Waals surface area (Å²) in [5, 5.41) is 2.63. The smallest absolute Gasteiger partial charge is 0.377 e. The Labute approximate surface area is 220 Å². The van der Waals surface area contributed by atoms with Crippen LogP contribution in [0.3, 0.4) is 0 Å². The van der Waals surface area contributed by atoms with Gasteiger partial charge in [0.1, 0.15) is 11.6 Å². The molecule has 1 N–H and O–H groups in total. The first kappa shape index (κ1) is 26.4. The van der Waals surface area contributed by atoms with E-state index < -0.39 is 26.8 Å². The summed E-state index contributed by atoms with van der Waals surface area (Å²) in [6, 6.07) is 13.4. The Bertz CT molecular complexity index is 1350. The average molecular weight is 547 g/mol. The van der Waals surface area contributed by atoms with Gasteiger partial charge in [0.05, 0.1) is 35.0 Å². The summed E-state index contributed by atoms with van der Waals surface area (Å²) in [5.41, 5.74) is 1.06. The molecule has 2 aromatic heterocycles. The molecule has 0 unspecified atom stereocenters. The number of ether oxygens (including phenoxy) is 1. The van der Waals surface area contributed by atoms with Gasteiger partial charge in [-0.3, -0.25) is 0 Å². The third kappa shape index (κ3) is 5.63. The molecule has 1 saturated carbocycles. The molecule has 38 heavy (non-hydrogen) atoms. The molecule has 0 atom stereocenters. The van der Waals surface area contributed by atoms with Crippen LogP contribution in [0, 0.1) is 0 Å². The highest BCUT2D eigenvalue weighted by atomic mass is 32.2. The quantitative estimate of drug-likeness (QED) is 0.436. The first-order valence-electron chi connectivity index (χ1n) is 12.5. The third-order valence-electron chi connectivity index (χ3n) is 7.35. The second-order valence-corrected chi connectivity index (χ2v) is 12.1. The highest BCUT2D eigenvalue weighted by Crippen LogP contribution is 2.33. The molecule has 2 aliphatic rings. The molecule has 7 nitrogen and oxygen atoms in total. The average Bonchev–Trinajstić information content (AvgIpc) is 2.88. The molecular formula is C27H29F3N4O3S. The SMILES string of the molecule is CN(c1cc(-c2ccc(S(=O)(=O)C3CCC(Nc4ccc(C(F)(F)F)cn4)CC3)cc2)ccn1)C1COC1. The minimum atomic E-state index is -4.43. The number of nitrogens with one attached hydrogen (secondary N) is 1. The number of nitrogens with zero attached hydrogens (tertiary/aromatic N) is 3. The lowest BCUT2D eigenvalue weighted by molar-refractivity contribution is -0.137. The van der Waals surface area contributed by atoms with Gasteiger partial charge in [-0.05, 0) is 73.2 Å². The summed E-state index contributed by atoms with van der Waals surface area (Å²) < 4.78 is 70.1. The highest BCUT2D eigenvalue weighted by molar-refractivity contribution is 7.92. The Kier molecular flexibility index (Phi) is 7.32. The lowest BCUT2D eigenvalue weighted by Gasteiger charge is -2.35. The zero-order chi connectivity index (χ0) is 26.9. The first-order valence-corrected chi connectivity index (χ1v) is 14.1. The van der Waals surface area contributed by atoms with Gasteiger partial charge in [0.25, 0.3) is 0 Å². The number of pyridine rings is 2. The van der Waals surface area contributed by atoms with Gasteiger partial charge in [0.2, 0.25) is 0 Å². The molecular weight excluding hydrogens is 517 g/mol. The minimum Gasteiger partial charge on any atom is -0.377 e. The molecule has 3 heterocycles. The molecule has 1 aliphatic carbocycles. The van der Waals surface area contributed by atoms with E-state index in [1.54, 1.807) is 18.3 Å². The van der Waals surface area contributed by atoms with Crippen LogP contribution in [0.1, 0.15) is 31.2 Å². The zero-order valence-electron chi connectivity index (χ0n) is 20.9. The van der Waals surface area contributed by atoms with Crippen LogP contribution in [-0.4, -0.2) is 56.0 Å². The number of alkyl halides is 3. The largest absolute Gasteiger partial charge is 0.417 e. The van der Waals surface area contributed by atoms with E-state index in [-0.39, 0.29) is 6.04 Å². The van der Waals surface area contributed by atoms with Crippen molar-refractivity contribution in [1.29, 1.82) is 0 Å². The number of likely N-dealkylation sites (N-methyl/N-ethyl adjacent to an activating group) is 1. The molecule has 11 heteroatoms. The molecule has 2 fully saturated rings. The number of benzene rings is 1. The number of sulfone groups is 1. The van der Waals surface area contributed by atoms with E-state index in [4.69, 9.17) is 4.74 Å². The molecule has 0 radical (unpaired) electrons. The van der Waals surface area contributed by atoms with Crippen LogP contribution >= 0.6 is 0 Å².